The van der Waals surface area contributed by atoms with Gasteiger partial charge in [0.05, 0.1) is 55.5 Å². The van der Waals surface area contributed by atoms with Gasteiger partial charge in [-0.15, -0.1) is 5.10 Å². The molecule has 21 nitrogen and oxygen atoms in total. The molecule has 3 N–H and O–H groups in total. The third-order valence-corrected chi connectivity index (χ3v) is 18.2. The number of ether oxygens (including phenoxy) is 4. The highest BCUT2D eigenvalue weighted by molar-refractivity contribution is 6.01. The van der Waals surface area contributed by atoms with Crippen molar-refractivity contribution in [3.8, 4) is 45.3 Å². The Bertz CT molecular complexity index is 4090. The second-order valence-electron chi connectivity index (χ2n) is 26.1. The van der Waals surface area contributed by atoms with E-state index >= 15 is 4.39 Å². The molecular weight excluding hydrogens is 1150 g/mol. The summed E-state index contributed by atoms with van der Waals surface area (Å²) in [5, 5.41) is 39.9. The average molecular weight is 1220 g/mol. The molecule has 3 amide bonds. The Morgan fingerprint density at radius 2 is 1.67 bits per heavy atom. The van der Waals surface area contributed by atoms with Crippen molar-refractivity contribution in [2.75, 3.05) is 44.4 Å². The Hall–Kier alpha value is -8.73. The molecular formula is C68H76FN12O9+. The van der Waals surface area contributed by atoms with Crippen LogP contribution in [0.4, 0.5) is 15.0 Å². The maximum absolute atomic E-state index is 16.4. The molecule has 468 valence electrons. The first-order valence-corrected chi connectivity index (χ1v) is 31.2. The predicted octanol–water partition coefficient (Wildman–Crippen LogP) is 7.59. The number of anilines is 1. The zero-order chi connectivity index (χ0) is 62.9. The fourth-order valence-electron chi connectivity index (χ4n) is 13.5. The Balaban J connectivity index is 0.798. The summed E-state index contributed by atoms with van der Waals surface area (Å²) in [6, 6.07) is 18.2. The van der Waals surface area contributed by atoms with Crippen LogP contribution in [-0.4, -0.2) is 155 Å². The van der Waals surface area contributed by atoms with Crippen molar-refractivity contribution in [2.24, 2.45) is 11.0 Å². The highest BCUT2D eigenvalue weighted by atomic mass is 19.1. The van der Waals surface area contributed by atoms with Gasteiger partial charge in [-0.2, -0.15) is 9.97 Å². The van der Waals surface area contributed by atoms with Crippen molar-refractivity contribution in [1.82, 2.24) is 45.1 Å². The number of rotatable bonds is 17. The van der Waals surface area contributed by atoms with E-state index in [0.29, 0.717) is 94.8 Å². The number of nitrogens with one attached hydrogen (secondary N) is 1. The molecule has 0 spiro atoms. The molecule has 6 aliphatic rings. The molecule has 8 heterocycles. The molecule has 3 aromatic heterocycles. The number of aryl methyl sites for hydroxylation is 1. The molecule has 6 atom stereocenters. The Kier molecular flexibility index (Phi) is 16.2. The van der Waals surface area contributed by atoms with Crippen molar-refractivity contribution in [3.05, 3.63) is 130 Å². The van der Waals surface area contributed by atoms with Gasteiger partial charge in [-0.3, -0.25) is 14.6 Å². The van der Waals surface area contributed by atoms with E-state index in [4.69, 9.17) is 28.9 Å². The van der Waals surface area contributed by atoms with E-state index in [1.54, 1.807) is 25.5 Å². The van der Waals surface area contributed by atoms with Gasteiger partial charge in [-0.05, 0) is 117 Å². The van der Waals surface area contributed by atoms with E-state index in [2.05, 4.69) is 43.4 Å². The molecule has 0 radical (unpaired) electrons. The van der Waals surface area contributed by atoms with Gasteiger partial charge in [0.15, 0.2) is 12.5 Å². The summed E-state index contributed by atoms with van der Waals surface area (Å²) in [5.74, 6) is -0.352. The van der Waals surface area contributed by atoms with Crippen molar-refractivity contribution in [2.45, 2.75) is 148 Å². The number of β-amino-alcohol motifs (C(OH)–C–C–N with tert-alkyl or cyclic N) is 1. The van der Waals surface area contributed by atoms with Gasteiger partial charge in [0, 0.05) is 84.5 Å². The first-order chi connectivity index (χ1) is 43.3. The molecule has 90 heavy (non-hydrogen) atoms. The quantitative estimate of drug-likeness (QED) is 0.0745. The number of nitrogens with zero attached hydrogens (tertiary/aromatic N) is 11. The maximum Gasteiger partial charge on any atom is 0.410 e. The van der Waals surface area contributed by atoms with Gasteiger partial charge in [0.25, 0.3) is 0 Å². The van der Waals surface area contributed by atoms with E-state index in [9.17, 15) is 24.6 Å². The van der Waals surface area contributed by atoms with Crippen LogP contribution < -0.4 is 30.3 Å². The lowest BCUT2D eigenvalue weighted by Gasteiger charge is -2.36. The van der Waals surface area contributed by atoms with E-state index in [1.807, 2.05) is 107 Å². The normalized spacial score (nSPS) is 20.5. The number of pyridine rings is 1. The largest absolute Gasteiger partial charge is 0.486 e. The minimum Gasteiger partial charge on any atom is -0.486 e. The molecule has 1 aliphatic carbocycles. The van der Waals surface area contributed by atoms with Crippen LogP contribution in [0.15, 0.2) is 90.4 Å². The first-order valence-electron chi connectivity index (χ1n) is 31.2. The van der Waals surface area contributed by atoms with Crippen LogP contribution in [0.2, 0.25) is 0 Å². The van der Waals surface area contributed by atoms with Crippen LogP contribution in [0.1, 0.15) is 119 Å². The Morgan fingerprint density at radius 1 is 0.911 bits per heavy atom. The number of hydrogen-bond donors (Lipinski definition) is 3. The Morgan fingerprint density at radius 3 is 2.36 bits per heavy atom. The van der Waals surface area contributed by atoms with Crippen LogP contribution in [0, 0.1) is 25.6 Å². The molecule has 0 unspecified atom stereocenters. The van der Waals surface area contributed by atoms with E-state index in [1.165, 1.54) is 20.3 Å². The number of benzene rings is 4. The van der Waals surface area contributed by atoms with Crippen molar-refractivity contribution in [3.63, 3.8) is 0 Å². The lowest BCUT2D eigenvalue weighted by Crippen LogP contribution is -2.50. The number of amides is 3. The summed E-state index contributed by atoms with van der Waals surface area (Å²) >= 11 is 0. The first kappa shape index (κ1) is 60.2. The van der Waals surface area contributed by atoms with E-state index in [-0.39, 0.29) is 68.3 Å². The number of fused-ring (bicyclic) bond motifs is 4. The van der Waals surface area contributed by atoms with Crippen LogP contribution in [0.25, 0.3) is 50.6 Å². The van der Waals surface area contributed by atoms with Gasteiger partial charge in [0.1, 0.15) is 58.6 Å². The summed E-state index contributed by atoms with van der Waals surface area (Å²) < 4.78 is 44.9. The number of aromatic nitrogens is 6. The predicted molar refractivity (Wildman–Crippen MR) is 333 cm³/mol. The number of hydrogen-bond acceptors (Lipinski definition) is 16. The fourth-order valence-corrected chi connectivity index (χ4v) is 13.5. The highest BCUT2D eigenvalue weighted by Gasteiger charge is 2.49. The van der Waals surface area contributed by atoms with Gasteiger partial charge in [-0.25, -0.2) is 13.9 Å². The lowest BCUT2D eigenvalue weighted by atomic mass is 9.89. The zero-order valence-electron chi connectivity index (χ0n) is 51.8. The molecule has 7 aromatic rings. The van der Waals surface area contributed by atoms with Crippen molar-refractivity contribution >= 4 is 47.5 Å². The number of aliphatic hydroxyl groups is 2. The summed E-state index contributed by atoms with van der Waals surface area (Å²) in [5.41, 5.74) is 8.32. The number of aliphatic hydroxyl groups excluding tert-OH is 2. The van der Waals surface area contributed by atoms with Gasteiger partial charge < -0.3 is 49.2 Å². The summed E-state index contributed by atoms with van der Waals surface area (Å²) in [6.45, 7) is 18.9. The second kappa shape index (κ2) is 24.2. The minimum absolute atomic E-state index is 0.0252. The molecule has 1 saturated carbocycles. The number of carbonyl (C=O) groups is 3. The van der Waals surface area contributed by atoms with Gasteiger partial charge >= 0.3 is 12.1 Å². The van der Waals surface area contributed by atoms with E-state index < -0.39 is 47.5 Å². The molecule has 22 heteroatoms. The van der Waals surface area contributed by atoms with Crippen molar-refractivity contribution in [1.29, 1.82) is 0 Å². The molecule has 13 rings (SSSR count). The number of carbonyl (C=O) groups excluding carboxylic acids is 3. The number of likely N-dealkylation sites (tertiary alicyclic amines) is 2. The Labute approximate surface area is 520 Å². The maximum atomic E-state index is 16.4. The topological polar surface area (TPSA) is 235 Å². The lowest BCUT2D eigenvalue weighted by molar-refractivity contribution is -0.417. The molecule has 4 saturated heterocycles. The monoisotopic (exact) mass is 1220 g/mol. The smallest absolute Gasteiger partial charge is 0.410 e. The third-order valence-electron chi connectivity index (χ3n) is 18.2. The SMILES string of the molecule is C=[N+]1C=c2c(-c3c(C4CC4)cc4c(N5C[C@@H]6C[C@H]5CN6C(=O)OC(C)(C)C)nc(OC5CCOCC5)nc4c3OCc3ccc(-c4cn([C@H](C(=O)N5C[C@H](O)C[C@H]5C(=O)N[C@@H](CO)c5ccc(-c6ccncc6C)cc5)C(C)C)nn4)cc3)c(C)c(F)cc2=N1. The second-order valence-corrected chi connectivity index (χ2v) is 26.1. The van der Waals surface area contributed by atoms with Crippen LogP contribution in [0.3, 0.4) is 0 Å². The highest BCUT2D eigenvalue weighted by Crippen LogP contribution is 2.52. The summed E-state index contributed by atoms with van der Waals surface area (Å²) in [7, 11) is 0. The van der Waals surface area contributed by atoms with Crippen LogP contribution >= 0.6 is 0 Å². The molecule has 2 bridgehead atoms. The van der Waals surface area contributed by atoms with Crippen LogP contribution in [0.5, 0.6) is 11.8 Å². The molecule has 5 fully saturated rings. The van der Waals surface area contributed by atoms with Crippen LogP contribution in [-0.2, 0) is 25.7 Å². The van der Waals surface area contributed by atoms with Gasteiger partial charge in [0.2, 0.25) is 18.0 Å². The average Bonchev–Trinajstić information content (AvgIpc) is 1.30. The van der Waals surface area contributed by atoms with E-state index in [0.717, 1.165) is 58.0 Å². The number of halogens is 1. The molecule has 4 aromatic carbocycles. The number of piperazine rings is 1. The summed E-state index contributed by atoms with van der Waals surface area (Å²) in [4.78, 5) is 62.6. The van der Waals surface area contributed by atoms with Crippen molar-refractivity contribution < 1.29 is 52.6 Å². The van der Waals surface area contributed by atoms with Gasteiger partial charge in [-0.1, -0.05) is 72.3 Å². The fraction of sp³-hybridized carbons (Fsp3) is 0.441. The standard InChI is InChI=1S/C68H75FN12O9/c1-37(2)61(65(85)80-32-47(83)26-57(80)64(84)71-56(35-82)44-17-15-41(16-18-44)49-19-22-70-29-38(49)3)81-34-55(74-76-81)43-11-9-40(10-12-43)36-88-62-59(58-39(4)53(69)28-54-52(58)33-77(8)75-54)50(42-13-14-42)27-51-60(62)72-66(89-48-20-23-87-24-21-48)73-63(51)78-30-46-25-45(78)31-79(46)67(86)90-68(5,6)7/h9-12,15-19,22,27-29,33-34,37,42,45-48,56-57,61,82-83H,8,13-14,20-21,23-26,30-32,35-36H2,1-7H3/p+1/t45-,46-,47+,56-,57-,61-/m0/s1. The summed E-state index contributed by atoms with van der Waals surface area (Å²) in [6.07, 6.45) is 9.49. The zero-order valence-corrected chi connectivity index (χ0v) is 51.8. The minimum atomic E-state index is -1.00. The molecule has 5 aliphatic heterocycles. The third kappa shape index (κ3) is 11.9.